The highest BCUT2D eigenvalue weighted by molar-refractivity contribution is 5.89. The molecule has 3 rings (SSSR count). The van der Waals surface area contributed by atoms with Crippen LogP contribution in [-0.2, 0) is 9.59 Å². The van der Waals surface area contributed by atoms with Crippen molar-refractivity contribution in [1.82, 2.24) is 15.1 Å². The smallest absolute Gasteiger partial charge is 0.228 e. The highest BCUT2D eigenvalue weighted by atomic mass is 35.5. The van der Waals surface area contributed by atoms with Gasteiger partial charge in [0.2, 0.25) is 11.8 Å². The molecule has 7 heteroatoms. The molecule has 28 heavy (non-hydrogen) atoms. The standard InChI is InChI=1S/C21H31N3O3.ClH/c1-4-16(5-2)24-14-15(12-20(24)25)21(26)23-11-10-22-13-18(23)17-8-6-7-9-19(17)27-3;/h6-9,15-16,18,22H,4-5,10-14H2,1-3H3;1H. The quantitative estimate of drug-likeness (QED) is 0.784. The van der Waals surface area contributed by atoms with Crippen LogP contribution in [0.2, 0.25) is 0 Å². The third kappa shape index (κ3) is 4.44. The molecule has 0 saturated carbocycles. The minimum absolute atomic E-state index is 0. The first-order chi connectivity index (χ1) is 13.1. The Morgan fingerprint density at radius 1 is 1.29 bits per heavy atom. The molecule has 2 aliphatic rings. The zero-order valence-electron chi connectivity index (χ0n) is 17.0. The van der Waals surface area contributed by atoms with Crippen LogP contribution >= 0.6 is 12.4 Å². The van der Waals surface area contributed by atoms with Crippen LogP contribution in [-0.4, -0.2) is 60.9 Å². The number of likely N-dealkylation sites (tertiary alicyclic amines) is 1. The number of carbonyl (C=O) groups is 2. The molecule has 0 aliphatic carbocycles. The molecule has 2 amide bonds. The second-order valence-corrected chi connectivity index (χ2v) is 7.41. The van der Waals surface area contributed by atoms with E-state index in [1.54, 1.807) is 7.11 Å². The van der Waals surface area contributed by atoms with E-state index in [9.17, 15) is 9.59 Å². The summed E-state index contributed by atoms with van der Waals surface area (Å²) < 4.78 is 5.52. The van der Waals surface area contributed by atoms with Crippen molar-refractivity contribution in [1.29, 1.82) is 0 Å². The van der Waals surface area contributed by atoms with Crippen molar-refractivity contribution < 1.29 is 14.3 Å². The monoisotopic (exact) mass is 409 g/mol. The van der Waals surface area contributed by atoms with Gasteiger partial charge in [0.1, 0.15) is 5.75 Å². The summed E-state index contributed by atoms with van der Waals surface area (Å²) in [6.07, 6.45) is 2.19. The summed E-state index contributed by atoms with van der Waals surface area (Å²) >= 11 is 0. The average molecular weight is 410 g/mol. The fourth-order valence-electron chi connectivity index (χ4n) is 4.40. The highest BCUT2D eigenvalue weighted by Crippen LogP contribution is 2.33. The second kappa shape index (κ2) is 10.1. The number of carbonyl (C=O) groups excluding carboxylic acids is 2. The van der Waals surface area contributed by atoms with Crippen LogP contribution in [0.1, 0.15) is 44.7 Å². The first-order valence-corrected chi connectivity index (χ1v) is 10.0. The van der Waals surface area contributed by atoms with E-state index in [1.807, 2.05) is 34.1 Å². The molecule has 0 bridgehead atoms. The number of para-hydroxylation sites is 1. The maximum absolute atomic E-state index is 13.4. The number of rotatable bonds is 6. The average Bonchev–Trinajstić information content (AvgIpc) is 3.10. The van der Waals surface area contributed by atoms with Crippen LogP contribution in [0.25, 0.3) is 0 Å². The Kier molecular flexibility index (Phi) is 8.13. The van der Waals surface area contributed by atoms with Crippen molar-refractivity contribution in [3.05, 3.63) is 29.8 Å². The molecular weight excluding hydrogens is 378 g/mol. The van der Waals surface area contributed by atoms with E-state index in [2.05, 4.69) is 19.2 Å². The fourth-order valence-corrected chi connectivity index (χ4v) is 4.40. The van der Waals surface area contributed by atoms with Crippen molar-refractivity contribution in [2.24, 2.45) is 5.92 Å². The molecule has 156 valence electrons. The van der Waals surface area contributed by atoms with E-state index in [-0.39, 0.29) is 42.2 Å². The third-order valence-electron chi connectivity index (χ3n) is 5.92. The maximum Gasteiger partial charge on any atom is 0.228 e. The molecular formula is C21H32ClN3O3. The van der Waals surface area contributed by atoms with E-state index in [0.717, 1.165) is 30.7 Å². The lowest BCUT2D eigenvalue weighted by Crippen LogP contribution is -2.51. The summed E-state index contributed by atoms with van der Waals surface area (Å²) in [5.74, 6) is 0.763. The van der Waals surface area contributed by atoms with Crippen LogP contribution in [0.4, 0.5) is 0 Å². The molecule has 2 heterocycles. The number of ether oxygens (including phenoxy) is 1. The van der Waals surface area contributed by atoms with Crippen LogP contribution in [0.15, 0.2) is 24.3 Å². The van der Waals surface area contributed by atoms with Gasteiger partial charge in [0.25, 0.3) is 0 Å². The highest BCUT2D eigenvalue weighted by Gasteiger charge is 2.41. The molecule has 1 aromatic rings. The van der Waals surface area contributed by atoms with Gasteiger partial charge in [-0.2, -0.15) is 0 Å². The SMILES string of the molecule is CCC(CC)N1CC(C(=O)N2CCNCC2c2ccccc2OC)CC1=O.Cl. The molecule has 0 radical (unpaired) electrons. The van der Waals surface area contributed by atoms with Crippen molar-refractivity contribution in [3.63, 3.8) is 0 Å². The van der Waals surface area contributed by atoms with Crippen LogP contribution in [0, 0.1) is 5.92 Å². The second-order valence-electron chi connectivity index (χ2n) is 7.41. The number of hydrogen-bond donors (Lipinski definition) is 1. The Hall–Kier alpha value is -1.79. The topological polar surface area (TPSA) is 61.9 Å². The summed E-state index contributed by atoms with van der Waals surface area (Å²) in [5, 5.41) is 3.39. The Labute approximate surface area is 174 Å². The van der Waals surface area contributed by atoms with E-state index in [1.165, 1.54) is 0 Å². The number of hydrogen-bond acceptors (Lipinski definition) is 4. The van der Waals surface area contributed by atoms with Gasteiger partial charge in [0, 0.05) is 44.2 Å². The summed E-state index contributed by atoms with van der Waals surface area (Å²) in [7, 11) is 1.66. The molecule has 0 aromatic heterocycles. The zero-order chi connectivity index (χ0) is 19.4. The number of benzene rings is 1. The molecule has 2 aliphatic heterocycles. The molecule has 2 atom stereocenters. The van der Waals surface area contributed by atoms with Gasteiger partial charge in [-0.15, -0.1) is 12.4 Å². The van der Waals surface area contributed by atoms with Gasteiger partial charge in [-0.05, 0) is 18.9 Å². The van der Waals surface area contributed by atoms with E-state index in [4.69, 9.17) is 4.74 Å². The van der Waals surface area contributed by atoms with E-state index in [0.29, 0.717) is 26.1 Å². The lowest BCUT2D eigenvalue weighted by molar-refractivity contribution is -0.139. The molecule has 1 N–H and O–H groups in total. The number of nitrogens with one attached hydrogen (secondary N) is 1. The number of piperazine rings is 1. The van der Waals surface area contributed by atoms with Gasteiger partial charge < -0.3 is 19.9 Å². The third-order valence-corrected chi connectivity index (χ3v) is 5.92. The fraction of sp³-hybridized carbons (Fsp3) is 0.619. The molecule has 6 nitrogen and oxygen atoms in total. The Morgan fingerprint density at radius 3 is 2.68 bits per heavy atom. The summed E-state index contributed by atoms with van der Waals surface area (Å²) in [4.78, 5) is 29.7. The Morgan fingerprint density at radius 2 is 2.00 bits per heavy atom. The van der Waals surface area contributed by atoms with Gasteiger partial charge >= 0.3 is 0 Å². The van der Waals surface area contributed by atoms with Crippen molar-refractivity contribution >= 4 is 24.2 Å². The number of nitrogens with zero attached hydrogens (tertiary/aromatic N) is 2. The normalized spacial score (nSPS) is 22.4. The predicted molar refractivity (Wildman–Crippen MR) is 112 cm³/mol. The molecule has 2 unspecified atom stereocenters. The Balaban J connectivity index is 0.00000280. The van der Waals surface area contributed by atoms with Gasteiger partial charge in [-0.1, -0.05) is 32.0 Å². The lowest BCUT2D eigenvalue weighted by atomic mass is 9.99. The van der Waals surface area contributed by atoms with Crippen LogP contribution in [0.3, 0.4) is 0 Å². The zero-order valence-corrected chi connectivity index (χ0v) is 17.8. The summed E-state index contributed by atoms with van der Waals surface area (Å²) in [6, 6.07) is 8.04. The molecule has 2 fully saturated rings. The molecule has 0 spiro atoms. The predicted octanol–water partition coefficient (Wildman–Crippen LogP) is 2.63. The van der Waals surface area contributed by atoms with Gasteiger partial charge in [0.15, 0.2) is 0 Å². The van der Waals surface area contributed by atoms with Gasteiger partial charge in [0.05, 0.1) is 19.1 Å². The van der Waals surface area contributed by atoms with Crippen molar-refractivity contribution in [2.75, 3.05) is 33.3 Å². The number of amides is 2. The number of halogens is 1. The largest absolute Gasteiger partial charge is 0.496 e. The summed E-state index contributed by atoms with van der Waals surface area (Å²) in [6.45, 7) is 6.87. The minimum Gasteiger partial charge on any atom is -0.496 e. The van der Waals surface area contributed by atoms with E-state index >= 15 is 0 Å². The lowest BCUT2D eigenvalue weighted by Gasteiger charge is -2.38. The van der Waals surface area contributed by atoms with Gasteiger partial charge in [-0.3, -0.25) is 9.59 Å². The summed E-state index contributed by atoms with van der Waals surface area (Å²) in [5.41, 5.74) is 1.02. The number of methoxy groups -OCH3 is 1. The van der Waals surface area contributed by atoms with Crippen LogP contribution < -0.4 is 10.1 Å². The minimum atomic E-state index is -0.242. The Bertz CT molecular complexity index is 681. The van der Waals surface area contributed by atoms with Crippen LogP contribution in [0.5, 0.6) is 5.75 Å². The molecule has 2 saturated heterocycles. The molecule has 1 aromatic carbocycles. The maximum atomic E-state index is 13.4. The van der Waals surface area contributed by atoms with Crippen molar-refractivity contribution in [2.45, 2.75) is 45.2 Å². The van der Waals surface area contributed by atoms with E-state index < -0.39 is 0 Å². The first kappa shape index (κ1) is 22.5. The first-order valence-electron chi connectivity index (χ1n) is 10.0. The van der Waals surface area contributed by atoms with Gasteiger partial charge in [-0.25, -0.2) is 0 Å². The van der Waals surface area contributed by atoms with Crippen molar-refractivity contribution in [3.8, 4) is 5.75 Å².